The lowest BCUT2D eigenvalue weighted by Crippen LogP contribution is -2.43. The summed E-state index contributed by atoms with van der Waals surface area (Å²) in [5.41, 5.74) is 0. The molecule has 1 amide bonds. The Kier molecular flexibility index (Phi) is 5.48. The van der Waals surface area contributed by atoms with Crippen molar-refractivity contribution in [3.63, 3.8) is 0 Å². The van der Waals surface area contributed by atoms with Crippen LogP contribution in [0.3, 0.4) is 0 Å². The van der Waals surface area contributed by atoms with Crippen LogP contribution >= 0.6 is 0 Å². The largest absolute Gasteiger partial charge is 0.481 e. The van der Waals surface area contributed by atoms with Crippen molar-refractivity contribution in [1.29, 1.82) is 0 Å². The van der Waals surface area contributed by atoms with E-state index in [2.05, 4.69) is 11.9 Å². The van der Waals surface area contributed by atoms with Crippen LogP contribution in [0.5, 0.6) is 0 Å². The third-order valence-electron chi connectivity index (χ3n) is 2.58. The van der Waals surface area contributed by atoms with Crippen molar-refractivity contribution in [2.24, 2.45) is 5.92 Å². The van der Waals surface area contributed by atoms with Crippen molar-refractivity contribution in [3.05, 3.63) is 12.7 Å². The maximum Gasteiger partial charge on any atom is 0.407 e. The fourth-order valence-corrected chi connectivity index (χ4v) is 1.72. The van der Waals surface area contributed by atoms with Crippen LogP contribution in [0.1, 0.15) is 12.8 Å². The number of hydrogen-bond acceptors (Lipinski definition) is 4. The number of carbonyl (C=O) groups is 2. The summed E-state index contributed by atoms with van der Waals surface area (Å²) in [6.07, 6.45) is 1.69. The molecule has 0 radical (unpaired) electrons. The monoisotopic (exact) mass is 243 g/mol. The number of amides is 1. The Balaban J connectivity index is 2.54. The molecular formula is C11H17NO5. The van der Waals surface area contributed by atoms with Crippen LogP contribution in [0, 0.1) is 5.92 Å². The van der Waals surface area contributed by atoms with Crippen molar-refractivity contribution < 1.29 is 24.2 Å². The van der Waals surface area contributed by atoms with Gasteiger partial charge in [0.05, 0.1) is 5.92 Å². The first-order valence-electron chi connectivity index (χ1n) is 5.50. The van der Waals surface area contributed by atoms with Gasteiger partial charge in [-0.05, 0) is 12.8 Å². The normalized spacial score (nSPS) is 24.5. The predicted molar refractivity (Wildman–Crippen MR) is 59.6 cm³/mol. The fraction of sp³-hybridized carbons (Fsp3) is 0.636. The maximum atomic E-state index is 11.3. The van der Waals surface area contributed by atoms with E-state index >= 15 is 0 Å². The van der Waals surface area contributed by atoms with Gasteiger partial charge in [0.2, 0.25) is 0 Å². The molecule has 1 aliphatic heterocycles. The second-order valence-electron chi connectivity index (χ2n) is 3.77. The minimum atomic E-state index is -0.926. The van der Waals surface area contributed by atoms with E-state index in [1.165, 1.54) is 6.08 Å². The van der Waals surface area contributed by atoms with Crippen molar-refractivity contribution in [2.45, 2.75) is 18.9 Å². The number of aliphatic carboxylic acids is 1. The van der Waals surface area contributed by atoms with E-state index < -0.39 is 24.0 Å². The van der Waals surface area contributed by atoms with Gasteiger partial charge >= 0.3 is 12.1 Å². The minimum Gasteiger partial charge on any atom is -0.481 e. The molecule has 1 heterocycles. The number of ether oxygens (including phenoxy) is 2. The topological polar surface area (TPSA) is 84.9 Å². The number of nitrogens with one attached hydrogen (secondary N) is 1. The lowest BCUT2D eigenvalue weighted by atomic mass is 9.95. The smallest absolute Gasteiger partial charge is 0.407 e. The molecule has 1 fully saturated rings. The summed E-state index contributed by atoms with van der Waals surface area (Å²) in [5, 5.41) is 11.6. The quantitative estimate of drug-likeness (QED) is 0.713. The molecule has 6 nitrogen and oxygen atoms in total. The van der Waals surface area contributed by atoms with Crippen LogP contribution < -0.4 is 5.32 Å². The van der Waals surface area contributed by atoms with Gasteiger partial charge < -0.3 is 19.9 Å². The molecule has 2 unspecified atom stereocenters. The van der Waals surface area contributed by atoms with Crippen LogP contribution in [-0.4, -0.2) is 43.0 Å². The van der Waals surface area contributed by atoms with Crippen LogP contribution in [-0.2, 0) is 14.3 Å². The van der Waals surface area contributed by atoms with E-state index in [4.69, 9.17) is 14.6 Å². The summed E-state index contributed by atoms with van der Waals surface area (Å²) < 4.78 is 9.96. The van der Waals surface area contributed by atoms with Crippen molar-refractivity contribution in [2.75, 3.05) is 19.8 Å². The molecule has 2 atom stereocenters. The van der Waals surface area contributed by atoms with Crippen LogP contribution in [0.25, 0.3) is 0 Å². The molecular weight excluding hydrogens is 226 g/mol. The van der Waals surface area contributed by atoms with Gasteiger partial charge in [0.25, 0.3) is 0 Å². The van der Waals surface area contributed by atoms with Gasteiger partial charge in [-0.15, -0.1) is 0 Å². The summed E-state index contributed by atoms with van der Waals surface area (Å²) in [6.45, 7) is 4.36. The molecule has 6 heteroatoms. The highest BCUT2D eigenvalue weighted by Crippen LogP contribution is 2.17. The highest BCUT2D eigenvalue weighted by molar-refractivity contribution is 5.73. The molecule has 0 aliphatic carbocycles. The third kappa shape index (κ3) is 4.44. The molecule has 0 bridgehead atoms. The molecule has 0 aromatic carbocycles. The molecule has 0 saturated carbocycles. The zero-order chi connectivity index (χ0) is 12.7. The minimum absolute atomic E-state index is 0.104. The lowest BCUT2D eigenvalue weighted by molar-refractivity contribution is -0.142. The van der Waals surface area contributed by atoms with Gasteiger partial charge in [-0.2, -0.15) is 0 Å². The van der Waals surface area contributed by atoms with Crippen molar-refractivity contribution >= 4 is 12.1 Å². The predicted octanol–water partition coefficient (Wildman–Crippen LogP) is 0.778. The number of carbonyl (C=O) groups excluding carboxylic acids is 1. The Labute approximate surface area is 99.6 Å². The summed E-state index contributed by atoms with van der Waals surface area (Å²) in [6, 6.07) is -0.452. The van der Waals surface area contributed by atoms with E-state index in [0.717, 1.165) is 0 Å². The van der Waals surface area contributed by atoms with E-state index in [9.17, 15) is 9.59 Å². The van der Waals surface area contributed by atoms with Gasteiger partial charge in [-0.3, -0.25) is 4.79 Å². The van der Waals surface area contributed by atoms with E-state index in [1.807, 2.05) is 0 Å². The molecule has 1 aliphatic rings. The van der Waals surface area contributed by atoms with E-state index in [1.54, 1.807) is 0 Å². The Morgan fingerprint density at radius 2 is 2.18 bits per heavy atom. The molecule has 96 valence electrons. The molecule has 1 rings (SSSR count). The summed E-state index contributed by atoms with van der Waals surface area (Å²) in [4.78, 5) is 22.4. The highest BCUT2D eigenvalue weighted by Gasteiger charge is 2.31. The van der Waals surface area contributed by atoms with Gasteiger partial charge in [0.1, 0.15) is 6.61 Å². The Bertz CT molecular complexity index is 292. The molecule has 17 heavy (non-hydrogen) atoms. The Morgan fingerprint density at radius 3 is 2.82 bits per heavy atom. The number of hydrogen-bond donors (Lipinski definition) is 2. The second-order valence-corrected chi connectivity index (χ2v) is 3.77. The fourth-order valence-electron chi connectivity index (χ4n) is 1.72. The molecule has 0 spiro atoms. The molecule has 1 saturated heterocycles. The number of carboxylic acids is 1. The van der Waals surface area contributed by atoms with Crippen molar-refractivity contribution in [1.82, 2.24) is 5.32 Å². The molecule has 0 aromatic rings. The first-order chi connectivity index (χ1) is 8.15. The molecule has 0 aromatic heterocycles. The average molecular weight is 243 g/mol. The average Bonchev–Trinajstić information content (AvgIpc) is 2.51. The van der Waals surface area contributed by atoms with Crippen molar-refractivity contribution in [3.8, 4) is 0 Å². The Morgan fingerprint density at radius 1 is 1.47 bits per heavy atom. The maximum absolute atomic E-state index is 11.3. The van der Waals surface area contributed by atoms with Gasteiger partial charge in [0, 0.05) is 19.3 Å². The molecule has 2 N–H and O–H groups in total. The zero-order valence-electron chi connectivity index (χ0n) is 9.55. The van der Waals surface area contributed by atoms with Gasteiger partial charge in [0.15, 0.2) is 0 Å². The summed E-state index contributed by atoms with van der Waals surface area (Å²) in [5.74, 6) is -1.56. The number of carboxylic acid groups (broad SMARTS) is 1. The van der Waals surface area contributed by atoms with Crippen LogP contribution in [0.15, 0.2) is 12.7 Å². The number of rotatable bonds is 4. The van der Waals surface area contributed by atoms with E-state index in [-0.39, 0.29) is 6.61 Å². The number of alkyl carbamates (subject to hydrolysis) is 1. The van der Waals surface area contributed by atoms with E-state index in [0.29, 0.717) is 26.1 Å². The first kappa shape index (κ1) is 13.5. The Hall–Kier alpha value is -1.56. The SMILES string of the molecule is C=CCOC(=O)NC1CCOCCC1C(=O)O. The third-order valence-corrected chi connectivity index (χ3v) is 2.58. The summed E-state index contributed by atoms with van der Waals surface area (Å²) >= 11 is 0. The lowest BCUT2D eigenvalue weighted by Gasteiger charge is -2.21. The first-order valence-corrected chi connectivity index (χ1v) is 5.50. The van der Waals surface area contributed by atoms with Crippen LogP contribution in [0.2, 0.25) is 0 Å². The van der Waals surface area contributed by atoms with Gasteiger partial charge in [-0.1, -0.05) is 12.7 Å². The highest BCUT2D eigenvalue weighted by atomic mass is 16.5. The van der Waals surface area contributed by atoms with Crippen LogP contribution in [0.4, 0.5) is 4.79 Å². The van der Waals surface area contributed by atoms with Gasteiger partial charge in [-0.25, -0.2) is 4.79 Å². The standard InChI is InChI=1S/C11H17NO5/c1-2-5-17-11(15)12-9-4-7-16-6-3-8(9)10(13)14/h2,8-9H,1,3-7H2,(H,12,15)(H,13,14). The summed E-state index contributed by atoms with van der Waals surface area (Å²) in [7, 11) is 0. The zero-order valence-corrected chi connectivity index (χ0v) is 9.55. The second kappa shape index (κ2) is 6.90.